The number of benzene rings is 1. The van der Waals surface area contributed by atoms with Gasteiger partial charge >= 0.3 is 20.2 Å². The van der Waals surface area contributed by atoms with Crippen LogP contribution in [0.2, 0.25) is 0 Å². The maximum Gasteiger partial charge on any atom is 0.340 e. The third-order valence-corrected chi connectivity index (χ3v) is 3.00. The Kier molecular flexibility index (Phi) is 2.80. The van der Waals surface area contributed by atoms with E-state index in [2.05, 4.69) is 9.72 Å². The number of halogens is 1. The van der Waals surface area contributed by atoms with Crippen LogP contribution in [-0.2, 0) is 13.8 Å². The highest BCUT2D eigenvalue weighted by Crippen LogP contribution is 2.24. The second-order valence-corrected chi connectivity index (χ2v) is 5.51. The number of fused-ring (bicyclic) bond motifs is 1. The molecule has 8 heteroatoms. The summed E-state index contributed by atoms with van der Waals surface area (Å²) in [6, 6.07) is 4.44. The lowest BCUT2D eigenvalue weighted by Crippen LogP contribution is -2.01. The van der Waals surface area contributed by atoms with E-state index >= 15 is 0 Å². The third-order valence-electron chi connectivity index (χ3n) is 2.01. The number of methoxy groups -OCH3 is 1. The van der Waals surface area contributed by atoms with E-state index < -0.39 is 20.2 Å². The standard InChI is InChI=1S/C9H6ClNO5S/c1-15-8(12)5-3-2-4-6-7(5)11-9(16-6)17(10,13)14/h2-4H,1H3. The minimum absolute atomic E-state index is 0.0959. The summed E-state index contributed by atoms with van der Waals surface area (Å²) in [7, 11) is 2.23. The average Bonchev–Trinajstić information content (AvgIpc) is 2.71. The fraction of sp³-hybridized carbons (Fsp3) is 0.111. The molecule has 0 saturated heterocycles. The SMILES string of the molecule is COC(=O)c1cccc2oc(S(=O)(=O)Cl)nc12. The molecule has 0 fully saturated rings. The van der Waals surface area contributed by atoms with Crippen molar-refractivity contribution in [2.24, 2.45) is 0 Å². The van der Waals surface area contributed by atoms with E-state index in [4.69, 9.17) is 15.1 Å². The molecule has 0 aliphatic heterocycles. The van der Waals surface area contributed by atoms with Crippen LogP contribution in [0.4, 0.5) is 0 Å². The van der Waals surface area contributed by atoms with Crippen molar-refractivity contribution in [3.05, 3.63) is 23.8 Å². The maximum absolute atomic E-state index is 11.4. The molecule has 1 aromatic carbocycles. The molecule has 0 bridgehead atoms. The van der Waals surface area contributed by atoms with Crippen molar-refractivity contribution in [3.63, 3.8) is 0 Å². The number of nitrogens with zero attached hydrogens (tertiary/aromatic N) is 1. The number of ether oxygens (including phenoxy) is 1. The third kappa shape index (κ3) is 2.11. The number of hydrogen-bond donors (Lipinski definition) is 0. The number of aromatic nitrogens is 1. The summed E-state index contributed by atoms with van der Waals surface area (Å²) in [4.78, 5) is 15.1. The number of carbonyl (C=O) groups excluding carboxylic acids is 1. The summed E-state index contributed by atoms with van der Waals surface area (Å²) in [6.07, 6.45) is 0. The lowest BCUT2D eigenvalue weighted by molar-refractivity contribution is 0.0602. The Balaban J connectivity index is 2.74. The topological polar surface area (TPSA) is 86.5 Å². The van der Waals surface area contributed by atoms with Gasteiger partial charge in [-0.15, -0.1) is 0 Å². The van der Waals surface area contributed by atoms with Crippen molar-refractivity contribution in [2.45, 2.75) is 5.22 Å². The van der Waals surface area contributed by atoms with Gasteiger partial charge < -0.3 is 9.15 Å². The molecule has 0 radical (unpaired) electrons. The summed E-state index contributed by atoms with van der Waals surface area (Å²) < 4.78 is 31.6. The quantitative estimate of drug-likeness (QED) is 0.610. The second-order valence-electron chi connectivity index (χ2n) is 3.06. The molecule has 17 heavy (non-hydrogen) atoms. The second kappa shape index (κ2) is 4.01. The van der Waals surface area contributed by atoms with Crippen LogP contribution >= 0.6 is 10.7 Å². The zero-order chi connectivity index (χ0) is 12.6. The smallest absolute Gasteiger partial charge is 0.340 e. The highest BCUT2D eigenvalue weighted by Gasteiger charge is 2.22. The fourth-order valence-electron chi connectivity index (χ4n) is 1.31. The Morgan fingerprint density at radius 3 is 2.76 bits per heavy atom. The van der Waals surface area contributed by atoms with Gasteiger partial charge in [0.05, 0.1) is 12.7 Å². The highest BCUT2D eigenvalue weighted by atomic mass is 35.7. The number of hydrogen-bond acceptors (Lipinski definition) is 6. The number of para-hydroxylation sites is 1. The Morgan fingerprint density at radius 2 is 2.18 bits per heavy atom. The van der Waals surface area contributed by atoms with E-state index in [0.29, 0.717) is 0 Å². The van der Waals surface area contributed by atoms with Crippen LogP contribution in [0.25, 0.3) is 11.1 Å². The van der Waals surface area contributed by atoms with Crippen molar-refractivity contribution in [1.82, 2.24) is 4.98 Å². The van der Waals surface area contributed by atoms with Gasteiger partial charge in [0.15, 0.2) is 5.58 Å². The van der Waals surface area contributed by atoms with Gasteiger partial charge in [0, 0.05) is 10.7 Å². The molecule has 0 aliphatic rings. The molecule has 0 aliphatic carbocycles. The molecule has 2 aromatic rings. The number of oxazole rings is 1. The minimum atomic E-state index is -4.07. The van der Waals surface area contributed by atoms with Crippen molar-refractivity contribution >= 4 is 36.8 Å². The number of rotatable bonds is 2. The molecular formula is C9H6ClNO5S. The fourth-order valence-corrected chi connectivity index (χ4v) is 1.89. The van der Waals surface area contributed by atoms with Gasteiger partial charge in [-0.25, -0.2) is 13.2 Å². The van der Waals surface area contributed by atoms with Gasteiger partial charge in [0.2, 0.25) is 0 Å². The number of esters is 1. The van der Waals surface area contributed by atoms with E-state index in [-0.39, 0.29) is 16.7 Å². The van der Waals surface area contributed by atoms with Crippen molar-refractivity contribution in [1.29, 1.82) is 0 Å². The minimum Gasteiger partial charge on any atom is -0.465 e. The molecule has 1 heterocycles. The average molecular weight is 276 g/mol. The van der Waals surface area contributed by atoms with Crippen LogP contribution in [0.1, 0.15) is 10.4 Å². The molecular weight excluding hydrogens is 270 g/mol. The summed E-state index contributed by atoms with van der Waals surface area (Å²) in [5.41, 5.74) is 0.353. The molecule has 0 N–H and O–H groups in total. The van der Waals surface area contributed by atoms with E-state index in [1.54, 1.807) is 0 Å². The largest absolute Gasteiger partial charge is 0.465 e. The predicted molar refractivity (Wildman–Crippen MR) is 58.4 cm³/mol. The summed E-state index contributed by atoms with van der Waals surface area (Å²) in [5, 5.41) is -0.648. The molecule has 0 atom stereocenters. The maximum atomic E-state index is 11.4. The zero-order valence-corrected chi connectivity index (χ0v) is 10.1. The van der Waals surface area contributed by atoms with Crippen LogP contribution in [0.3, 0.4) is 0 Å². The van der Waals surface area contributed by atoms with Gasteiger partial charge in [-0.2, -0.15) is 4.98 Å². The molecule has 2 rings (SSSR count). The van der Waals surface area contributed by atoms with E-state index in [1.807, 2.05) is 0 Å². The van der Waals surface area contributed by atoms with Crippen LogP contribution in [0, 0.1) is 0 Å². The first kappa shape index (κ1) is 11.9. The first-order chi connectivity index (χ1) is 7.93. The molecule has 6 nitrogen and oxygen atoms in total. The van der Waals surface area contributed by atoms with Crippen molar-refractivity contribution in [2.75, 3.05) is 7.11 Å². The van der Waals surface area contributed by atoms with Crippen molar-refractivity contribution < 1.29 is 22.4 Å². The lowest BCUT2D eigenvalue weighted by Gasteiger charge is -1.97. The monoisotopic (exact) mass is 275 g/mol. The zero-order valence-electron chi connectivity index (χ0n) is 8.51. The lowest BCUT2D eigenvalue weighted by atomic mass is 10.2. The number of carbonyl (C=O) groups is 1. The molecule has 90 valence electrons. The molecule has 0 unspecified atom stereocenters. The van der Waals surface area contributed by atoms with Crippen LogP contribution in [-0.4, -0.2) is 26.5 Å². The summed E-state index contributed by atoms with van der Waals surface area (Å²) in [5.74, 6) is -0.637. The van der Waals surface area contributed by atoms with E-state index in [9.17, 15) is 13.2 Å². The summed E-state index contributed by atoms with van der Waals surface area (Å²) in [6.45, 7) is 0. The Bertz CT molecular complexity index is 690. The van der Waals surface area contributed by atoms with Gasteiger partial charge in [-0.05, 0) is 12.1 Å². The first-order valence-electron chi connectivity index (χ1n) is 4.36. The first-order valence-corrected chi connectivity index (χ1v) is 6.67. The molecule has 0 amide bonds. The van der Waals surface area contributed by atoms with Gasteiger partial charge in [0.1, 0.15) is 5.52 Å². The van der Waals surface area contributed by atoms with Crippen LogP contribution in [0.5, 0.6) is 0 Å². The van der Waals surface area contributed by atoms with Gasteiger partial charge in [0.25, 0.3) is 0 Å². The highest BCUT2D eigenvalue weighted by molar-refractivity contribution is 8.13. The Hall–Kier alpha value is -1.60. The van der Waals surface area contributed by atoms with E-state index in [1.165, 1.54) is 25.3 Å². The normalized spacial score (nSPS) is 11.6. The summed E-state index contributed by atoms with van der Waals surface area (Å²) >= 11 is 0. The van der Waals surface area contributed by atoms with Crippen molar-refractivity contribution in [3.8, 4) is 0 Å². The predicted octanol–water partition coefficient (Wildman–Crippen LogP) is 1.54. The van der Waals surface area contributed by atoms with Gasteiger partial charge in [-0.1, -0.05) is 6.07 Å². The van der Waals surface area contributed by atoms with Gasteiger partial charge in [-0.3, -0.25) is 0 Å². The molecule has 0 saturated carbocycles. The van der Waals surface area contributed by atoms with E-state index in [0.717, 1.165) is 0 Å². The Labute approximate surface area is 101 Å². The van der Waals surface area contributed by atoms with Crippen LogP contribution in [0.15, 0.2) is 27.8 Å². The van der Waals surface area contributed by atoms with Crippen LogP contribution < -0.4 is 0 Å². The molecule has 0 spiro atoms. The Morgan fingerprint density at radius 1 is 1.47 bits per heavy atom. The molecule has 1 aromatic heterocycles.